The molecule has 0 aliphatic heterocycles. The van der Waals surface area contributed by atoms with Crippen LogP contribution in [0.25, 0.3) is 22.6 Å². The second kappa shape index (κ2) is 5.19. The van der Waals surface area contributed by atoms with E-state index in [-0.39, 0.29) is 0 Å². The molecule has 0 saturated carbocycles. The van der Waals surface area contributed by atoms with E-state index in [1.54, 1.807) is 41.9 Å². The molecule has 9 nitrogen and oxygen atoms in total. The number of fused-ring (bicyclic) bond motifs is 3. The van der Waals surface area contributed by atoms with Gasteiger partial charge < -0.3 is 5.73 Å². The number of hydrogen-bond donors (Lipinski definition) is 1. The van der Waals surface area contributed by atoms with E-state index in [1.807, 2.05) is 11.5 Å². The van der Waals surface area contributed by atoms with Crippen LogP contribution in [-0.4, -0.2) is 29.0 Å². The largest absolute Gasteiger partial charge is 0.366 e. The topological polar surface area (TPSA) is 109 Å². The van der Waals surface area contributed by atoms with Crippen LogP contribution in [0.4, 0.5) is 0 Å². The lowest BCUT2D eigenvalue weighted by atomic mass is 10.2. The van der Waals surface area contributed by atoms with Gasteiger partial charge in [-0.2, -0.15) is 4.98 Å². The predicted molar refractivity (Wildman–Crippen MR) is 95.8 cm³/mol. The van der Waals surface area contributed by atoms with Crippen LogP contribution >= 0.6 is 0 Å². The summed E-state index contributed by atoms with van der Waals surface area (Å²) in [6, 6.07) is 6.77. The number of rotatable bonds is 2. The third kappa shape index (κ3) is 1.97. The van der Waals surface area contributed by atoms with E-state index in [2.05, 4.69) is 4.98 Å². The molecule has 0 fully saturated rings. The van der Waals surface area contributed by atoms with Crippen molar-refractivity contribution in [3.8, 4) is 5.69 Å². The van der Waals surface area contributed by atoms with Crippen molar-refractivity contribution < 1.29 is 4.79 Å². The lowest BCUT2D eigenvalue weighted by molar-refractivity contribution is 0.100. The third-order valence-corrected chi connectivity index (χ3v) is 4.55. The van der Waals surface area contributed by atoms with Crippen molar-refractivity contribution in [2.24, 2.45) is 19.8 Å². The van der Waals surface area contributed by atoms with Gasteiger partial charge in [-0.25, -0.2) is 4.79 Å². The SMILES string of the molecule is Cc1cn2c3c(=O)n(C)c(=O)n(C)c3nc2n1-c1ccc(C(N)=O)cc1. The molecule has 132 valence electrons. The highest BCUT2D eigenvalue weighted by molar-refractivity contribution is 5.93. The molecule has 0 spiro atoms. The van der Waals surface area contributed by atoms with E-state index in [1.165, 1.54) is 11.6 Å². The highest BCUT2D eigenvalue weighted by Gasteiger charge is 2.19. The van der Waals surface area contributed by atoms with E-state index >= 15 is 0 Å². The molecule has 1 amide bonds. The van der Waals surface area contributed by atoms with Gasteiger partial charge >= 0.3 is 5.69 Å². The summed E-state index contributed by atoms with van der Waals surface area (Å²) in [6.45, 7) is 1.88. The van der Waals surface area contributed by atoms with Crippen molar-refractivity contribution in [3.05, 3.63) is 62.6 Å². The van der Waals surface area contributed by atoms with Crippen LogP contribution in [0.5, 0.6) is 0 Å². The van der Waals surface area contributed by atoms with E-state index in [4.69, 9.17) is 5.73 Å². The molecule has 3 aromatic heterocycles. The average Bonchev–Trinajstić information content (AvgIpc) is 3.12. The van der Waals surface area contributed by atoms with Crippen molar-refractivity contribution in [1.29, 1.82) is 0 Å². The number of carbonyl (C=O) groups is 1. The Kier molecular flexibility index (Phi) is 3.17. The molecule has 2 N–H and O–H groups in total. The fraction of sp³-hybridized carbons (Fsp3) is 0.176. The van der Waals surface area contributed by atoms with Crippen molar-refractivity contribution in [2.45, 2.75) is 6.92 Å². The maximum atomic E-state index is 12.6. The summed E-state index contributed by atoms with van der Waals surface area (Å²) in [5.74, 6) is -0.00130. The summed E-state index contributed by atoms with van der Waals surface area (Å²) in [4.78, 5) is 40.5. The van der Waals surface area contributed by atoms with Crippen molar-refractivity contribution in [3.63, 3.8) is 0 Å². The van der Waals surface area contributed by atoms with Crippen LogP contribution in [0.15, 0.2) is 40.1 Å². The lowest BCUT2D eigenvalue weighted by Gasteiger charge is -2.06. The van der Waals surface area contributed by atoms with Gasteiger partial charge in [-0.05, 0) is 31.2 Å². The smallest absolute Gasteiger partial charge is 0.332 e. The number of aryl methyl sites for hydroxylation is 2. The molecule has 0 radical (unpaired) electrons. The minimum Gasteiger partial charge on any atom is -0.366 e. The molecule has 0 saturated heterocycles. The van der Waals surface area contributed by atoms with Gasteiger partial charge in [-0.15, -0.1) is 0 Å². The standard InChI is InChI=1S/C17H16N6O3/c1-9-8-22-12-14(20(2)17(26)21(3)15(12)25)19-16(22)23(9)11-6-4-10(5-7-11)13(18)24/h4-8H,1-3H3,(H2,18,24). The van der Waals surface area contributed by atoms with Gasteiger partial charge in [0.15, 0.2) is 11.2 Å². The van der Waals surface area contributed by atoms with Gasteiger partial charge in [0.05, 0.1) is 0 Å². The highest BCUT2D eigenvalue weighted by atomic mass is 16.2. The summed E-state index contributed by atoms with van der Waals surface area (Å²) in [7, 11) is 3.02. The number of imidazole rings is 2. The van der Waals surface area contributed by atoms with Gasteiger partial charge in [0.25, 0.3) is 5.56 Å². The molecule has 4 aromatic rings. The molecule has 9 heteroatoms. The summed E-state index contributed by atoms with van der Waals surface area (Å²) in [5, 5.41) is 0. The van der Waals surface area contributed by atoms with Gasteiger partial charge in [-0.3, -0.25) is 27.7 Å². The first kappa shape index (κ1) is 15.9. The molecule has 0 aliphatic rings. The van der Waals surface area contributed by atoms with Crippen LogP contribution in [0, 0.1) is 6.92 Å². The first-order valence-electron chi connectivity index (χ1n) is 7.87. The number of nitrogens with zero attached hydrogens (tertiary/aromatic N) is 5. The fourth-order valence-electron chi connectivity index (χ4n) is 3.18. The minimum absolute atomic E-state index is 0.315. The second-order valence-corrected chi connectivity index (χ2v) is 6.18. The number of carbonyl (C=O) groups excluding carboxylic acids is 1. The minimum atomic E-state index is -0.504. The van der Waals surface area contributed by atoms with Gasteiger partial charge in [0, 0.05) is 37.2 Å². The Hall–Kier alpha value is -3.62. The Bertz CT molecular complexity index is 1320. The Morgan fingerprint density at radius 2 is 1.73 bits per heavy atom. The van der Waals surface area contributed by atoms with Gasteiger partial charge in [0.2, 0.25) is 11.7 Å². The molecular formula is C17H16N6O3. The monoisotopic (exact) mass is 352 g/mol. The third-order valence-electron chi connectivity index (χ3n) is 4.55. The lowest BCUT2D eigenvalue weighted by Crippen LogP contribution is -2.37. The highest BCUT2D eigenvalue weighted by Crippen LogP contribution is 2.21. The molecule has 0 bridgehead atoms. The molecule has 4 rings (SSSR count). The maximum absolute atomic E-state index is 12.6. The fourth-order valence-corrected chi connectivity index (χ4v) is 3.18. The molecule has 0 aliphatic carbocycles. The molecule has 1 aromatic carbocycles. The maximum Gasteiger partial charge on any atom is 0.332 e. The van der Waals surface area contributed by atoms with Crippen LogP contribution in [0.3, 0.4) is 0 Å². The van der Waals surface area contributed by atoms with Crippen molar-refractivity contribution in [2.75, 3.05) is 0 Å². The number of primary amides is 1. The molecule has 0 unspecified atom stereocenters. The Morgan fingerprint density at radius 3 is 2.35 bits per heavy atom. The summed E-state index contributed by atoms with van der Waals surface area (Å²) >= 11 is 0. The average molecular weight is 352 g/mol. The zero-order valence-electron chi connectivity index (χ0n) is 14.4. The van der Waals surface area contributed by atoms with Crippen LogP contribution < -0.4 is 17.0 Å². The van der Waals surface area contributed by atoms with Crippen LogP contribution in [0.1, 0.15) is 16.1 Å². The Morgan fingerprint density at radius 1 is 1.08 bits per heavy atom. The molecule has 0 atom stereocenters. The first-order chi connectivity index (χ1) is 12.3. The quantitative estimate of drug-likeness (QED) is 0.551. The Labute approximate surface area is 146 Å². The van der Waals surface area contributed by atoms with E-state index in [0.29, 0.717) is 22.5 Å². The van der Waals surface area contributed by atoms with Crippen molar-refractivity contribution in [1.82, 2.24) is 23.1 Å². The molecule has 3 heterocycles. The van der Waals surface area contributed by atoms with Crippen molar-refractivity contribution >= 4 is 22.8 Å². The van der Waals surface area contributed by atoms with E-state index in [9.17, 15) is 14.4 Å². The van der Waals surface area contributed by atoms with E-state index < -0.39 is 17.2 Å². The molecular weight excluding hydrogens is 336 g/mol. The number of aromatic nitrogens is 5. The summed E-state index contributed by atoms with van der Waals surface area (Å²) < 4.78 is 5.92. The number of benzene rings is 1. The number of nitrogens with two attached hydrogens (primary N) is 1. The summed E-state index contributed by atoms with van der Waals surface area (Å²) in [6.07, 6.45) is 1.79. The predicted octanol–water partition coefficient (Wildman–Crippen LogP) is 0.0829. The number of hydrogen-bond acceptors (Lipinski definition) is 4. The van der Waals surface area contributed by atoms with Crippen LogP contribution in [0.2, 0.25) is 0 Å². The molecule has 26 heavy (non-hydrogen) atoms. The summed E-state index contributed by atoms with van der Waals surface area (Å²) in [5.41, 5.74) is 7.10. The number of amides is 1. The first-order valence-corrected chi connectivity index (χ1v) is 7.87. The van der Waals surface area contributed by atoms with Gasteiger partial charge in [0.1, 0.15) is 0 Å². The van der Waals surface area contributed by atoms with Crippen LogP contribution in [-0.2, 0) is 14.1 Å². The zero-order valence-corrected chi connectivity index (χ0v) is 14.4. The Balaban J connectivity index is 2.09. The van der Waals surface area contributed by atoms with Gasteiger partial charge in [-0.1, -0.05) is 0 Å². The second-order valence-electron chi connectivity index (χ2n) is 6.18. The van der Waals surface area contributed by atoms with E-state index in [0.717, 1.165) is 15.9 Å². The normalized spacial score (nSPS) is 11.5. The zero-order chi connectivity index (χ0) is 18.7.